The third-order valence-corrected chi connectivity index (χ3v) is 22.1. The van der Waals surface area contributed by atoms with Crippen LogP contribution in [-0.2, 0) is 76.5 Å². The quantitative estimate of drug-likeness (QED) is 0.0267. The summed E-state index contributed by atoms with van der Waals surface area (Å²) in [7, 11) is -17.0. The molecule has 97 heavy (non-hydrogen) atoms. The predicted octanol–water partition coefficient (Wildman–Crippen LogP) is 13.2. The number of rotatable bonds is 22. The Hall–Kier alpha value is -6.45. The lowest BCUT2D eigenvalue weighted by Crippen LogP contribution is -2.62. The average Bonchev–Trinajstić information content (AvgIpc) is 0.751. The first-order chi connectivity index (χ1) is 44.5. The summed E-state index contributed by atoms with van der Waals surface area (Å²) in [5, 5.41) is -14.2. The maximum absolute atomic E-state index is 14.1. The summed E-state index contributed by atoms with van der Waals surface area (Å²) in [6.45, 7) is -7.02. The van der Waals surface area contributed by atoms with E-state index in [1.54, 1.807) is 42.5 Å². The van der Waals surface area contributed by atoms with Gasteiger partial charge < -0.3 is 51.7 Å². The molecule has 2 heterocycles. The number of allylic oxidation sites excluding steroid dienone is 1. The molecule has 0 aromatic heterocycles. The highest BCUT2D eigenvalue weighted by Gasteiger charge is 2.75. The molecule has 16 nitrogen and oxygen atoms in total. The molecule has 1 aliphatic carbocycles. The van der Waals surface area contributed by atoms with Gasteiger partial charge in [-0.3, -0.25) is 4.21 Å². The first-order valence-electron chi connectivity index (χ1n) is 25.9. The van der Waals surface area contributed by atoms with E-state index in [4.69, 9.17) is 14.2 Å². The molecule has 0 N–H and O–H groups in total. The Morgan fingerprint density at radius 1 is 0.515 bits per heavy atom. The van der Waals surface area contributed by atoms with Crippen molar-refractivity contribution in [1.82, 2.24) is 0 Å². The third kappa shape index (κ3) is 16.2. The fraction of sp³-hybridized carbons (Fsp3) is 0.370. The highest BCUT2D eigenvalue weighted by Crippen LogP contribution is 2.52. The molecule has 8 rings (SSSR count). The van der Waals surface area contributed by atoms with Crippen LogP contribution in [0.1, 0.15) is 0 Å². The van der Waals surface area contributed by atoms with E-state index in [0.717, 1.165) is 68.8 Å². The van der Waals surface area contributed by atoms with Crippen LogP contribution in [-0.4, -0.2) is 153 Å². The minimum atomic E-state index is -6.91. The molecule has 5 aromatic rings. The molecule has 0 fully saturated rings. The molecular formula is C54H40F22O16S5. The standard InChI is InChI=1S/C27H21F11O8S3.C27H19F11O8S2/c1-43-14-45-23(26(33,34)35,27(36,37)38)13-44-15-7-9-18-20(11-15)48(39)21-12-16(8-10-19(21)47(18)17-5-3-2-4-6-17)46-22(24(28,29)30)25(31,32)49(40,41)42;1-42-14-44-23(26(33,34)35,27(36,37)38)13-43-15-6-9-17(10-7-15)47-20-5-3-2-4-18(20)46-19-12-16(8-11-21(19)47)45-22(24(28,29)30)25(31,32)48(39,40)41/h2-12,19,21-22H,13-14H2,1H3;2-12,22H,13-14H2,1H3. The van der Waals surface area contributed by atoms with Gasteiger partial charge in [0.2, 0.25) is 9.79 Å². The number of benzene rings is 5. The van der Waals surface area contributed by atoms with Gasteiger partial charge in [-0.05, 0) is 85.0 Å². The maximum Gasteiger partial charge on any atom is 0.432 e. The van der Waals surface area contributed by atoms with Crippen LogP contribution in [0.4, 0.5) is 96.6 Å². The second-order valence-electron chi connectivity index (χ2n) is 19.8. The highest BCUT2D eigenvalue weighted by atomic mass is 32.2. The van der Waals surface area contributed by atoms with Gasteiger partial charge in [0.15, 0.2) is 51.7 Å². The van der Waals surface area contributed by atoms with Gasteiger partial charge in [0, 0.05) is 32.4 Å². The molecule has 2 aliphatic heterocycles. The molecule has 3 aliphatic rings. The topological polar surface area (TPSA) is 215 Å². The van der Waals surface area contributed by atoms with E-state index in [1.807, 2.05) is 0 Å². The lowest BCUT2D eigenvalue weighted by atomic mass is 10.0. The number of alkyl halides is 22. The molecule has 0 saturated carbocycles. The van der Waals surface area contributed by atoms with Gasteiger partial charge in [0.25, 0.3) is 23.4 Å². The Morgan fingerprint density at radius 2 is 0.959 bits per heavy atom. The zero-order chi connectivity index (χ0) is 72.7. The molecule has 536 valence electrons. The molecule has 7 unspecified atom stereocenters. The van der Waals surface area contributed by atoms with Crippen LogP contribution < -0.4 is 18.9 Å². The van der Waals surface area contributed by atoms with Crippen molar-refractivity contribution < 1.29 is 169 Å². The fourth-order valence-electron chi connectivity index (χ4n) is 8.76. The molecular weight excluding hydrogens is 1480 g/mol. The van der Waals surface area contributed by atoms with Crippen LogP contribution in [0.25, 0.3) is 0 Å². The van der Waals surface area contributed by atoms with E-state index in [9.17, 15) is 127 Å². The van der Waals surface area contributed by atoms with Gasteiger partial charge in [-0.15, -0.1) is 0 Å². The maximum atomic E-state index is 14.1. The minimum Gasteiger partial charge on any atom is -0.743 e. The fourth-order valence-corrected chi connectivity index (χ4v) is 16.8. The van der Waals surface area contributed by atoms with Gasteiger partial charge in [-0.2, -0.15) is 96.6 Å². The van der Waals surface area contributed by atoms with Crippen LogP contribution in [0.2, 0.25) is 0 Å². The number of fused-ring (bicyclic) bond motifs is 4. The Kier molecular flexibility index (Phi) is 22.7. The smallest absolute Gasteiger partial charge is 0.432 e. The van der Waals surface area contributed by atoms with Gasteiger partial charge in [-0.25, -0.2) is 16.8 Å². The molecule has 0 amide bonds. The van der Waals surface area contributed by atoms with Gasteiger partial charge in [0.1, 0.15) is 66.0 Å². The number of halogens is 22. The Balaban J connectivity index is 0.000000273. The number of ether oxygens (including phenoxy) is 9. The highest BCUT2D eigenvalue weighted by molar-refractivity contribution is 8.00. The Bertz CT molecular complexity index is 3890. The van der Waals surface area contributed by atoms with Gasteiger partial charge in [0.05, 0.1) is 26.6 Å². The average molecular weight is 1520 g/mol. The van der Waals surface area contributed by atoms with E-state index in [2.05, 4.69) is 28.4 Å². The van der Waals surface area contributed by atoms with Crippen LogP contribution in [0.15, 0.2) is 169 Å². The van der Waals surface area contributed by atoms with E-state index in [0.29, 0.717) is 20.8 Å². The summed E-state index contributed by atoms with van der Waals surface area (Å²) >= 11 is 0. The summed E-state index contributed by atoms with van der Waals surface area (Å²) in [5.41, 5.74) is -9.62. The first-order valence-corrected chi connectivity index (χ1v) is 32.4. The van der Waals surface area contributed by atoms with Crippen LogP contribution >= 0.6 is 0 Å². The summed E-state index contributed by atoms with van der Waals surface area (Å²) in [5.74, 6) is -3.26. The van der Waals surface area contributed by atoms with Crippen molar-refractivity contribution in [2.75, 3.05) is 41.0 Å². The Labute approximate surface area is 540 Å². The molecule has 43 heteroatoms. The van der Waals surface area contributed by atoms with E-state index in [-0.39, 0.29) is 26.2 Å². The SMILES string of the molecule is COCOC(COc1ccc([S+]2c3ccccc3Oc3cc(OC(C(F)(F)F)C(F)(F)S(=O)(=O)[O-])ccc32)cc1)(C(F)(F)F)C(F)(F)F.COCOC(COc1ccc2c(c1)S(=O)C1C=C(OC(C(F)(F)F)C(F)(F)S(=O)(=O)[O-])C=CC1[S+]2c1ccccc1)(C(F)(F)F)C(F)(F)F. The second kappa shape index (κ2) is 28.3. The van der Waals surface area contributed by atoms with E-state index >= 15 is 0 Å². The normalized spacial score (nSPS) is 19.5. The number of hydrogen-bond donors (Lipinski definition) is 0. The molecule has 7 atom stereocenters. The van der Waals surface area contributed by atoms with Crippen LogP contribution in [0, 0.1) is 0 Å². The van der Waals surface area contributed by atoms with Crippen molar-refractivity contribution in [2.24, 2.45) is 0 Å². The van der Waals surface area contributed by atoms with Gasteiger partial charge in [-0.1, -0.05) is 30.3 Å². The van der Waals surface area contributed by atoms with Crippen molar-refractivity contribution in [3.8, 4) is 28.7 Å². The monoisotopic (exact) mass is 1520 g/mol. The van der Waals surface area contributed by atoms with Crippen molar-refractivity contribution >= 4 is 52.8 Å². The second-order valence-corrected chi connectivity index (χ2v) is 28.4. The zero-order valence-electron chi connectivity index (χ0n) is 47.7. The lowest BCUT2D eigenvalue weighted by Gasteiger charge is -2.36. The molecule has 0 spiro atoms. The Morgan fingerprint density at radius 3 is 1.44 bits per heavy atom. The van der Waals surface area contributed by atoms with Crippen molar-refractivity contribution in [3.05, 3.63) is 139 Å². The molecule has 0 radical (unpaired) electrons. The molecule has 5 aromatic carbocycles. The first kappa shape index (κ1) is 77.9. The van der Waals surface area contributed by atoms with Crippen molar-refractivity contribution in [2.45, 2.75) is 111 Å². The van der Waals surface area contributed by atoms with Crippen molar-refractivity contribution in [3.63, 3.8) is 0 Å². The minimum absolute atomic E-state index is 0.112. The third-order valence-electron chi connectivity index (χ3n) is 13.4. The van der Waals surface area contributed by atoms with Crippen LogP contribution in [0.5, 0.6) is 28.7 Å². The summed E-state index contributed by atoms with van der Waals surface area (Å²) < 4.78 is 422. The lowest BCUT2D eigenvalue weighted by molar-refractivity contribution is -0.397. The summed E-state index contributed by atoms with van der Waals surface area (Å²) in [6, 6.07) is 24.4. The number of methoxy groups -OCH3 is 2. The molecule has 0 saturated heterocycles. The largest absolute Gasteiger partial charge is 0.743 e. The van der Waals surface area contributed by atoms with Gasteiger partial charge >= 0.3 is 47.6 Å². The summed E-state index contributed by atoms with van der Waals surface area (Å²) in [4.78, 5) is 1.49. The molecule has 0 bridgehead atoms. The van der Waals surface area contributed by atoms with Crippen molar-refractivity contribution in [1.29, 1.82) is 0 Å². The van der Waals surface area contributed by atoms with E-state index < -0.39 is 184 Å². The number of hydrogen-bond acceptors (Lipinski definition) is 16. The number of para-hydroxylation sites is 1. The zero-order valence-corrected chi connectivity index (χ0v) is 51.8. The predicted molar refractivity (Wildman–Crippen MR) is 287 cm³/mol. The summed E-state index contributed by atoms with van der Waals surface area (Å²) in [6.07, 6.45) is -42.4. The van der Waals surface area contributed by atoms with E-state index in [1.165, 1.54) is 30.3 Å². The van der Waals surface area contributed by atoms with Crippen LogP contribution in [0.3, 0.4) is 0 Å².